The molecule has 3 rings (SSSR count). The highest BCUT2D eigenvalue weighted by Gasteiger charge is 2.31. The quantitative estimate of drug-likeness (QED) is 0.644. The van der Waals surface area contributed by atoms with Gasteiger partial charge in [-0.25, -0.2) is 4.98 Å². The molecule has 2 aromatic carbocycles. The molecule has 1 amide bonds. The molecule has 146 valence electrons. The summed E-state index contributed by atoms with van der Waals surface area (Å²) in [6.45, 7) is 0. The third kappa shape index (κ3) is 4.69. The van der Waals surface area contributed by atoms with Crippen molar-refractivity contribution in [2.75, 3.05) is 24.3 Å². The van der Waals surface area contributed by atoms with Gasteiger partial charge in [0.1, 0.15) is 5.01 Å². The van der Waals surface area contributed by atoms with E-state index in [9.17, 15) is 18.0 Å². The fraction of sp³-hybridized carbons (Fsp3) is 0.200. The first-order valence-corrected chi connectivity index (χ1v) is 9.30. The van der Waals surface area contributed by atoms with E-state index in [1.165, 1.54) is 17.4 Å². The van der Waals surface area contributed by atoms with E-state index in [2.05, 4.69) is 10.3 Å². The minimum Gasteiger partial charge on any atom is -0.376 e. The van der Waals surface area contributed by atoms with Gasteiger partial charge in [0.2, 0.25) is 5.91 Å². The van der Waals surface area contributed by atoms with Gasteiger partial charge >= 0.3 is 6.18 Å². The lowest BCUT2D eigenvalue weighted by atomic mass is 10.1. The van der Waals surface area contributed by atoms with E-state index in [-0.39, 0.29) is 12.1 Å². The second-order valence-corrected chi connectivity index (χ2v) is 7.22. The van der Waals surface area contributed by atoms with E-state index in [1.54, 1.807) is 24.4 Å². The lowest BCUT2D eigenvalue weighted by molar-refractivity contribution is -0.137. The Bertz CT molecular complexity index is 968. The Hall–Kier alpha value is -2.87. The monoisotopic (exact) mass is 405 g/mol. The molecule has 0 aliphatic rings. The Kier molecular flexibility index (Phi) is 5.69. The fourth-order valence-electron chi connectivity index (χ4n) is 2.66. The van der Waals surface area contributed by atoms with Crippen molar-refractivity contribution < 1.29 is 18.0 Å². The Morgan fingerprint density at radius 3 is 2.50 bits per heavy atom. The molecule has 0 bridgehead atoms. The van der Waals surface area contributed by atoms with Crippen LogP contribution in [-0.2, 0) is 17.4 Å². The lowest BCUT2D eigenvalue weighted by Gasteiger charge is -2.19. The van der Waals surface area contributed by atoms with Crippen LogP contribution in [0.4, 0.5) is 24.5 Å². The normalized spacial score (nSPS) is 11.3. The summed E-state index contributed by atoms with van der Waals surface area (Å²) in [5.74, 6) is -0.424. The zero-order valence-corrected chi connectivity index (χ0v) is 16.1. The highest BCUT2D eigenvalue weighted by Crippen LogP contribution is 2.35. The van der Waals surface area contributed by atoms with Crippen molar-refractivity contribution in [1.82, 2.24) is 4.98 Å². The van der Waals surface area contributed by atoms with E-state index in [0.29, 0.717) is 11.4 Å². The van der Waals surface area contributed by atoms with Crippen molar-refractivity contribution in [2.45, 2.75) is 12.6 Å². The summed E-state index contributed by atoms with van der Waals surface area (Å²) in [5, 5.41) is 5.15. The summed E-state index contributed by atoms with van der Waals surface area (Å²) >= 11 is 1.42. The van der Waals surface area contributed by atoms with Crippen LogP contribution in [0.25, 0.3) is 10.6 Å². The summed E-state index contributed by atoms with van der Waals surface area (Å²) in [6, 6.07) is 12.8. The van der Waals surface area contributed by atoms with Crippen molar-refractivity contribution in [3.63, 3.8) is 0 Å². The molecule has 4 nitrogen and oxygen atoms in total. The number of thiazole rings is 1. The number of halogens is 3. The van der Waals surface area contributed by atoms with Crippen LogP contribution >= 0.6 is 11.3 Å². The predicted molar refractivity (Wildman–Crippen MR) is 106 cm³/mol. The van der Waals surface area contributed by atoms with Crippen molar-refractivity contribution in [1.29, 1.82) is 0 Å². The number of alkyl halides is 3. The second-order valence-electron chi connectivity index (χ2n) is 6.36. The second kappa shape index (κ2) is 8.02. The zero-order valence-electron chi connectivity index (χ0n) is 15.2. The largest absolute Gasteiger partial charge is 0.416 e. The number of carbonyl (C=O) groups excluding carboxylic acids is 1. The minimum atomic E-state index is -4.48. The number of carbonyl (C=O) groups is 1. The fourth-order valence-corrected chi connectivity index (χ4v) is 3.49. The Balaban J connectivity index is 1.77. The van der Waals surface area contributed by atoms with Crippen molar-refractivity contribution >= 4 is 28.6 Å². The number of nitrogens with one attached hydrogen (secondary N) is 1. The van der Waals surface area contributed by atoms with E-state index < -0.39 is 17.6 Å². The van der Waals surface area contributed by atoms with Gasteiger partial charge in [0.05, 0.1) is 29.1 Å². The van der Waals surface area contributed by atoms with Crippen LogP contribution in [0, 0.1) is 0 Å². The van der Waals surface area contributed by atoms with Gasteiger partial charge in [-0.1, -0.05) is 30.3 Å². The van der Waals surface area contributed by atoms with Gasteiger partial charge in [-0.3, -0.25) is 4.79 Å². The molecule has 0 unspecified atom stereocenters. The van der Waals surface area contributed by atoms with Crippen LogP contribution in [-0.4, -0.2) is 25.0 Å². The Morgan fingerprint density at radius 1 is 1.14 bits per heavy atom. The van der Waals surface area contributed by atoms with Crippen molar-refractivity contribution in [2.24, 2.45) is 0 Å². The molecule has 0 aliphatic heterocycles. The molecule has 0 atom stereocenters. The third-order valence-corrected chi connectivity index (χ3v) is 4.93. The number of amides is 1. The maximum atomic E-state index is 13.0. The smallest absolute Gasteiger partial charge is 0.376 e. The van der Waals surface area contributed by atoms with Gasteiger partial charge in [0, 0.05) is 25.0 Å². The molecule has 1 heterocycles. The summed E-state index contributed by atoms with van der Waals surface area (Å²) in [6.07, 6.45) is -4.50. The maximum absolute atomic E-state index is 13.0. The Morgan fingerprint density at radius 2 is 1.86 bits per heavy atom. The third-order valence-electron chi connectivity index (χ3n) is 3.99. The topological polar surface area (TPSA) is 45.2 Å². The van der Waals surface area contributed by atoms with Crippen molar-refractivity contribution in [3.05, 3.63) is 65.2 Å². The molecule has 0 spiro atoms. The van der Waals surface area contributed by atoms with Crippen LogP contribution in [0.5, 0.6) is 0 Å². The Labute approximate surface area is 164 Å². The van der Waals surface area contributed by atoms with Gasteiger partial charge in [0.15, 0.2) is 0 Å². The van der Waals surface area contributed by atoms with Crippen LogP contribution in [0.3, 0.4) is 0 Å². The SMILES string of the molecule is CN(C)c1ccc(C(F)(F)F)cc1NC(=O)Cc1csc(-c2ccccc2)n1. The summed E-state index contributed by atoms with van der Waals surface area (Å²) in [4.78, 5) is 18.5. The first-order chi connectivity index (χ1) is 13.2. The van der Waals surface area contributed by atoms with Crippen LogP contribution in [0.1, 0.15) is 11.3 Å². The average Bonchev–Trinajstić information content (AvgIpc) is 3.09. The van der Waals surface area contributed by atoms with E-state index in [0.717, 1.165) is 22.7 Å². The van der Waals surface area contributed by atoms with E-state index in [1.807, 2.05) is 30.3 Å². The highest BCUT2D eigenvalue weighted by atomic mass is 32.1. The average molecular weight is 405 g/mol. The maximum Gasteiger partial charge on any atom is 0.416 e. The molecule has 8 heteroatoms. The van der Waals surface area contributed by atoms with Gasteiger partial charge in [0.25, 0.3) is 0 Å². The van der Waals surface area contributed by atoms with Gasteiger partial charge < -0.3 is 10.2 Å². The molecular formula is C20H18F3N3OS. The molecule has 0 saturated carbocycles. The number of nitrogens with zero attached hydrogens (tertiary/aromatic N) is 2. The van der Waals surface area contributed by atoms with E-state index in [4.69, 9.17) is 0 Å². The molecule has 0 aliphatic carbocycles. The number of rotatable bonds is 5. The van der Waals surface area contributed by atoms with Crippen LogP contribution in [0.2, 0.25) is 0 Å². The van der Waals surface area contributed by atoms with Gasteiger partial charge in [-0.05, 0) is 18.2 Å². The van der Waals surface area contributed by atoms with Crippen LogP contribution in [0.15, 0.2) is 53.9 Å². The summed E-state index contributed by atoms with van der Waals surface area (Å²) in [5.41, 5.74) is 1.31. The standard InChI is InChI=1S/C20H18F3N3OS/c1-26(2)17-9-8-14(20(21,22)23)10-16(17)25-18(27)11-15-12-28-19(24-15)13-6-4-3-5-7-13/h3-10,12H,11H2,1-2H3,(H,25,27). The molecule has 1 aromatic heterocycles. The number of anilines is 2. The molecule has 0 fully saturated rings. The zero-order chi connectivity index (χ0) is 20.3. The summed E-state index contributed by atoms with van der Waals surface area (Å²) in [7, 11) is 3.40. The first-order valence-electron chi connectivity index (χ1n) is 8.42. The minimum absolute atomic E-state index is 0.0214. The van der Waals surface area contributed by atoms with Crippen molar-refractivity contribution in [3.8, 4) is 10.6 Å². The first kappa shape index (κ1) is 19.9. The number of benzene rings is 2. The van der Waals surface area contributed by atoms with E-state index >= 15 is 0 Å². The number of aromatic nitrogens is 1. The highest BCUT2D eigenvalue weighted by molar-refractivity contribution is 7.13. The molecule has 0 saturated heterocycles. The predicted octanol–water partition coefficient (Wildman–Crippen LogP) is 5.08. The van der Waals surface area contributed by atoms with Gasteiger partial charge in [-0.15, -0.1) is 11.3 Å². The molecule has 0 radical (unpaired) electrons. The molecular weight excluding hydrogens is 387 g/mol. The lowest BCUT2D eigenvalue weighted by Crippen LogP contribution is -2.19. The molecule has 3 aromatic rings. The number of hydrogen-bond donors (Lipinski definition) is 1. The van der Waals surface area contributed by atoms with Gasteiger partial charge in [-0.2, -0.15) is 13.2 Å². The summed E-state index contributed by atoms with van der Waals surface area (Å²) < 4.78 is 39.0. The molecule has 1 N–H and O–H groups in total. The van der Waals surface area contributed by atoms with Crippen LogP contribution < -0.4 is 10.2 Å². The molecule has 28 heavy (non-hydrogen) atoms. The number of hydrogen-bond acceptors (Lipinski definition) is 4.